The predicted octanol–water partition coefficient (Wildman–Crippen LogP) is 2.08. The molecule has 21 heavy (non-hydrogen) atoms. The highest BCUT2D eigenvalue weighted by Gasteiger charge is 2.15. The van der Waals surface area contributed by atoms with Gasteiger partial charge in [-0.2, -0.15) is 0 Å². The fraction of sp³-hybridized carbons (Fsp3) is 0.333. The van der Waals surface area contributed by atoms with Gasteiger partial charge in [-0.05, 0) is 36.6 Å². The SMILES string of the molecule is O=C(O)/C=C/c1ccc(NC(=O)NCC2CCCO2)cc1. The van der Waals surface area contributed by atoms with Gasteiger partial charge in [-0.25, -0.2) is 9.59 Å². The summed E-state index contributed by atoms with van der Waals surface area (Å²) in [5, 5.41) is 14.0. The number of amides is 2. The lowest BCUT2D eigenvalue weighted by Gasteiger charge is -2.11. The van der Waals surface area contributed by atoms with Gasteiger partial charge in [0.2, 0.25) is 0 Å². The summed E-state index contributed by atoms with van der Waals surface area (Å²) in [5.41, 5.74) is 1.40. The number of nitrogens with one attached hydrogen (secondary N) is 2. The Labute approximate surface area is 122 Å². The molecule has 0 spiro atoms. The third-order valence-corrected chi connectivity index (χ3v) is 3.10. The van der Waals surface area contributed by atoms with Crippen molar-refractivity contribution in [2.24, 2.45) is 0 Å². The van der Waals surface area contributed by atoms with E-state index in [1.165, 1.54) is 6.08 Å². The number of urea groups is 1. The standard InChI is InChI=1S/C15H18N2O4/c18-14(19)8-5-11-3-6-12(7-4-11)17-15(20)16-10-13-2-1-9-21-13/h3-8,13H,1-2,9-10H2,(H,18,19)(H2,16,17,20)/b8-5+. The van der Waals surface area contributed by atoms with Gasteiger partial charge in [-0.1, -0.05) is 12.1 Å². The van der Waals surface area contributed by atoms with Crippen molar-refractivity contribution < 1.29 is 19.4 Å². The lowest BCUT2D eigenvalue weighted by molar-refractivity contribution is -0.131. The van der Waals surface area contributed by atoms with E-state index in [2.05, 4.69) is 10.6 Å². The van der Waals surface area contributed by atoms with E-state index >= 15 is 0 Å². The Kier molecular flexibility index (Phi) is 5.34. The maximum Gasteiger partial charge on any atom is 0.328 e. The number of hydrogen-bond acceptors (Lipinski definition) is 3. The molecule has 1 heterocycles. The number of hydrogen-bond donors (Lipinski definition) is 3. The summed E-state index contributed by atoms with van der Waals surface area (Å²) < 4.78 is 5.42. The van der Waals surface area contributed by atoms with E-state index in [4.69, 9.17) is 9.84 Å². The van der Waals surface area contributed by atoms with Gasteiger partial charge in [0.1, 0.15) is 0 Å². The molecular weight excluding hydrogens is 272 g/mol. The number of aliphatic carboxylic acids is 1. The molecule has 2 rings (SSSR count). The van der Waals surface area contributed by atoms with Crippen molar-refractivity contribution in [1.82, 2.24) is 5.32 Å². The number of carboxylic acids is 1. The van der Waals surface area contributed by atoms with Crippen molar-refractivity contribution >= 4 is 23.8 Å². The largest absolute Gasteiger partial charge is 0.478 e. The van der Waals surface area contributed by atoms with Gasteiger partial charge in [0.25, 0.3) is 0 Å². The maximum absolute atomic E-state index is 11.7. The van der Waals surface area contributed by atoms with Crippen LogP contribution >= 0.6 is 0 Å². The molecule has 112 valence electrons. The maximum atomic E-state index is 11.7. The van der Waals surface area contributed by atoms with Gasteiger partial charge >= 0.3 is 12.0 Å². The zero-order valence-corrected chi connectivity index (χ0v) is 11.5. The highest BCUT2D eigenvalue weighted by atomic mass is 16.5. The van der Waals surface area contributed by atoms with Crippen LogP contribution in [0.5, 0.6) is 0 Å². The predicted molar refractivity (Wildman–Crippen MR) is 79.1 cm³/mol. The van der Waals surface area contributed by atoms with Crippen LogP contribution in [-0.2, 0) is 9.53 Å². The summed E-state index contributed by atoms with van der Waals surface area (Å²) in [6.07, 6.45) is 4.68. The third kappa shape index (κ3) is 5.27. The Hall–Kier alpha value is -2.34. The molecule has 0 bridgehead atoms. The fourth-order valence-electron chi connectivity index (χ4n) is 2.03. The molecule has 1 fully saturated rings. The van der Waals surface area contributed by atoms with Crippen LogP contribution in [0.2, 0.25) is 0 Å². The first-order valence-corrected chi connectivity index (χ1v) is 6.81. The monoisotopic (exact) mass is 290 g/mol. The molecule has 0 radical (unpaired) electrons. The molecule has 0 saturated carbocycles. The van der Waals surface area contributed by atoms with Gasteiger partial charge in [-0.15, -0.1) is 0 Å². The van der Waals surface area contributed by atoms with Crippen LogP contribution in [0.25, 0.3) is 6.08 Å². The van der Waals surface area contributed by atoms with E-state index in [0.717, 1.165) is 31.1 Å². The van der Waals surface area contributed by atoms with Crippen LogP contribution in [0.1, 0.15) is 18.4 Å². The van der Waals surface area contributed by atoms with Crippen molar-refractivity contribution in [3.63, 3.8) is 0 Å². The minimum absolute atomic E-state index is 0.110. The molecule has 0 aromatic heterocycles. The van der Waals surface area contributed by atoms with E-state index in [1.54, 1.807) is 24.3 Å². The van der Waals surface area contributed by atoms with Crippen molar-refractivity contribution in [3.05, 3.63) is 35.9 Å². The van der Waals surface area contributed by atoms with Crippen molar-refractivity contribution in [2.45, 2.75) is 18.9 Å². The highest BCUT2D eigenvalue weighted by molar-refractivity contribution is 5.89. The second-order valence-electron chi connectivity index (χ2n) is 4.76. The molecule has 3 N–H and O–H groups in total. The lowest BCUT2D eigenvalue weighted by Crippen LogP contribution is -2.34. The van der Waals surface area contributed by atoms with E-state index in [9.17, 15) is 9.59 Å². The smallest absolute Gasteiger partial charge is 0.328 e. The molecule has 6 nitrogen and oxygen atoms in total. The Morgan fingerprint density at radius 1 is 1.33 bits per heavy atom. The number of rotatable bonds is 5. The number of ether oxygens (including phenoxy) is 1. The summed E-state index contributed by atoms with van der Waals surface area (Å²) in [6.45, 7) is 1.27. The molecule has 1 aromatic carbocycles. The molecule has 1 aliphatic rings. The molecule has 1 aliphatic heterocycles. The summed E-state index contributed by atoms with van der Waals surface area (Å²) in [5.74, 6) is -0.995. The topological polar surface area (TPSA) is 87.7 Å². The summed E-state index contributed by atoms with van der Waals surface area (Å²) >= 11 is 0. The van der Waals surface area contributed by atoms with Gasteiger partial charge in [-0.3, -0.25) is 0 Å². The fourth-order valence-corrected chi connectivity index (χ4v) is 2.03. The van der Waals surface area contributed by atoms with Crippen LogP contribution in [0.15, 0.2) is 30.3 Å². The Bertz CT molecular complexity index is 519. The van der Waals surface area contributed by atoms with E-state index in [-0.39, 0.29) is 12.1 Å². The zero-order valence-electron chi connectivity index (χ0n) is 11.5. The first-order valence-electron chi connectivity index (χ1n) is 6.81. The Morgan fingerprint density at radius 2 is 2.10 bits per heavy atom. The molecule has 1 atom stereocenters. The second-order valence-corrected chi connectivity index (χ2v) is 4.76. The molecule has 1 unspecified atom stereocenters. The van der Waals surface area contributed by atoms with Crippen molar-refractivity contribution in [1.29, 1.82) is 0 Å². The van der Waals surface area contributed by atoms with Gasteiger partial charge in [0, 0.05) is 24.9 Å². The van der Waals surface area contributed by atoms with Crippen LogP contribution < -0.4 is 10.6 Å². The second kappa shape index (κ2) is 7.44. The van der Waals surface area contributed by atoms with E-state index in [1.807, 2.05) is 0 Å². The first kappa shape index (κ1) is 15.1. The molecule has 0 aliphatic carbocycles. The number of carbonyl (C=O) groups is 2. The Balaban J connectivity index is 1.79. The molecule has 2 amide bonds. The summed E-state index contributed by atoms with van der Waals surface area (Å²) in [6, 6.07) is 6.62. The lowest BCUT2D eigenvalue weighted by atomic mass is 10.2. The Morgan fingerprint density at radius 3 is 2.71 bits per heavy atom. The molecule has 1 saturated heterocycles. The number of anilines is 1. The normalized spacial score (nSPS) is 17.8. The minimum atomic E-state index is -0.995. The minimum Gasteiger partial charge on any atom is -0.478 e. The molecule has 1 aromatic rings. The number of carboxylic acid groups (broad SMARTS) is 1. The quantitative estimate of drug-likeness (QED) is 0.725. The number of carbonyl (C=O) groups excluding carboxylic acids is 1. The van der Waals surface area contributed by atoms with Crippen LogP contribution in [-0.4, -0.2) is 36.4 Å². The average molecular weight is 290 g/mol. The third-order valence-electron chi connectivity index (χ3n) is 3.10. The average Bonchev–Trinajstić information content (AvgIpc) is 2.98. The summed E-state index contributed by atoms with van der Waals surface area (Å²) in [7, 11) is 0. The van der Waals surface area contributed by atoms with Crippen LogP contribution in [0, 0.1) is 0 Å². The summed E-state index contributed by atoms with van der Waals surface area (Å²) in [4.78, 5) is 22.1. The zero-order chi connectivity index (χ0) is 15.1. The van der Waals surface area contributed by atoms with E-state index in [0.29, 0.717) is 12.2 Å². The molecule has 6 heteroatoms. The molecular formula is C15H18N2O4. The van der Waals surface area contributed by atoms with E-state index < -0.39 is 5.97 Å². The van der Waals surface area contributed by atoms with Crippen LogP contribution in [0.3, 0.4) is 0 Å². The van der Waals surface area contributed by atoms with Gasteiger partial charge in [0.05, 0.1) is 6.10 Å². The number of benzene rings is 1. The van der Waals surface area contributed by atoms with Gasteiger partial charge < -0.3 is 20.5 Å². The van der Waals surface area contributed by atoms with Gasteiger partial charge in [0.15, 0.2) is 0 Å². The van der Waals surface area contributed by atoms with Crippen molar-refractivity contribution in [3.8, 4) is 0 Å². The highest BCUT2D eigenvalue weighted by Crippen LogP contribution is 2.12. The first-order chi connectivity index (χ1) is 10.1. The van der Waals surface area contributed by atoms with Crippen molar-refractivity contribution in [2.75, 3.05) is 18.5 Å². The van der Waals surface area contributed by atoms with Crippen LogP contribution in [0.4, 0.5) is 10.5 Å².